The molecule has 0 radical (unpaired) electrons. The van der Waals surface area contributed by atoms with Crippen molar-refractivity contribution in [2.24, 2.45) is 5.92 Å². The molecule has 0 aromatic carbocycles. The molecule has 2 aromatic heterocycles. The van der Waals surface area contributed by atoms with Crippen LogP contribution in [0.15, 0.2) is 12.7 Å². The molecule has 2 aromatic rings. The quantitative estimate of drug-likeness (QED) is 0.826. The number of amides is 1. The first-order chi connectivity index (χ1) is 9.74. The highest BCUT2D eigenvalue weighted by atomic mass is 35.5. The number of carbonyl (C=O) groups excluding carboxylic acids is 1. The molecule has 106 valence electrons. The molecule has 8 heteroatoms. The summed E-state index contributed by atoms with van der Waals surface area (Å²) < 4.78 is 1.74. The number of aromatic nitrogens is 4. The zero-order valence-corrected chi connectivity index (χ0v) is 11.5. The van der Waals surface area contributed by atoms with E-state index < -0.39 is 0 Å². The van der Waals surface area contributed by atoms with Crippen LogP contribution in [0.4, 0.5) is 5.82 Å². The van der Waals surface area contributed by atoms with Gasteiger partial charge in [-0.1, -0.05) is 0 Å². The molecule has 1 fully saturated rings. The lowest BCUT2D eigenvalue weighted by atomic mass is 10.1. The number of aliphatic hydroxyl groups excluding tert-OH is 1. The summed E-state index contributed by atoms with van der Waals surface area (Å²) in [7, 11) is 0. The van der Waals surface area contributed by atoms with E-state index >= 15 is 0 Å². The summed E-state index contributed by atoms with van der Waals surface area (Å²) in [5.74, 6) is 1.13. The van der Waals surface area contributed by atoms with Crippen LogP contribution >= 0.6 is 11.6 Å². The van der Waals surface area contributed by atoms with Crippen LogP contribution in [-0.4, -0.2) is 49.6 Å². The molecule has 20 heavy (non-hydrogen) atoms. The third kappa shape index (κ3) is 2.12. The lowest BCUT2D eigenvalue weighted by molar-refractivity contribution is -0.117. The Morgan fingerprint density at radius 2 is 2.25 bits per heavy atom. The second-order valence-corrected chi connectivity index (χ2v) is 5.07. The first-order valence-electron chi connectivity index (χ1n) is 6.37. The van der Waals surface area contributed by atoms with Crippen molar-refractivity contribution in [1.82, 2.24) is 19.5 Å². The second-order valence-electron chi connectivity index (χ2n) is 4.76. The predicted octanol–water partition coefficient (Wildman–Crippen LogP) is 0.410. The summed E-state index contributed by atoms with van der Waals surface area (Å²) in [4.78, 5) is 26.3. The van der Waals surface area contributed by atoms with Crippen molar-refractivity contribution < 1.29 is 9.90 Å². The van der Waals surface area contributed by atoms with E-state index in [1.165, 1.54) is 6.33 Å². The number of halogens is 1. The maximum absolute atomic E-state index is 12.1. The van der Waals surface area contributed by atoms with E-state index in [9.17, 15) is 4.79 Å². The SMILES string of the molecule is O=C1CC(CCl)CN1c1ncnc2c1ncn2CCO. The number of rotatable bonds is 4. The van der Waals surface area contributed by atoms with Crippen LogP contribution in [0.25, 0.3) is 11.2 Å². The van der Waals surface area contributed by atoms with Crippen LogP contribution in [0.5, 0.6) is 0 Å². The maximum Gasteiger partial charge on any atom is 0.228 e. The van der Waals surface area contributed by atoms with Gasteiger partial charge in [0, 0.05) is 25.4 Å². The molecule has 1 aliphatic rings. The third-order valence-electron chi connectivity index (χ3n) is 3.40. The van der Waals surface area contributed by atoms with Crippen molar-refractivity contribution in [2.75, 3.05) is 23.9 Å². The van der Waals surface area contributed by atoms with Gasteiger partial charge in [-0.05, 0) is 5.92 Å². The van der Waals surface area contributed by atoms with Crippen molar-refractivity contribution >= 4 is 34.5 Å². The summed E-state index contributed by atoms with van der Waals surface area (Å²) >= 11 is 5.83. The minimum Gasteiger partial charge on any atom is -0.395 e. The Morgan fingerprint density at radius 3 is 2.95 bits per heavy atom. The average Bonchev–Trinajstić information content (AvgIpc) is 3.03. The highest BCUT2D eigenvalue weighted by Crippen LogP contribution is 2.28. The Bertz CT molecular complexity index is 644. The van der Waals surface area contributed by atoms with E-state index in [2.05, 4.69) is 15.0 Å². The topological polar surface area (TPSA) is 84.1 Å². The van der Waals surface area contributed by atoms with Crippen molar-refractivity contribution in [1.29, 1.82) is 0 Å². The van der Waals surface area contributed by atoms with E-state index in [-0.39, 0.29) is 18.4 Å². The molecule has 7 nitrogen and oxygen atoms in total. The Balaban J connectivity index is 2.02. The molecule has 0 bridgehead atoms. The molecule has 0 saturated carbocycles. The minimum atomic E-state index is 0.00175. The van der Waals surface area contributed by atoms with E-state index in [4.69, 9.17) is 16.7 Å². The number of aliphatic hydroxyl groups is 1. The van der Waals surface area contributed by atoms with Gasteiger partial charge in [-0.3, -0.25) is 9.69 Å². The van der Waals surface area contributed by atoms with Gasteiger partial charge in [0.15, 0.2) is 17.0 Å². The molecule has 0 spiro atoms. The molecular formula is C12H14ClN5O2. The van der Waals surface area contributed by atoms with Gasteiger partial charge in [0.05, 0.1) is 12.9 Å². The fourth-order valence-electron chi connectivity index (χ4n) is 2.43. The molecule has 3 rings (SSSR count). The van der Waals surface area contributed by atoms with Gasteiger partial charge < -0.3 is 9.67 Å². The summed E-state index contributed by atoms with van der Waals surface area (Å²) in [5, 5.41) is 9.02. The van der Waals surface area contributed by atoms with Crippen molar-refractivity contribution in [3.05, 3.63) is 12.7 Å². The monoisotopic (exact) mass is 295 g/mol. The molecule has 1 N–H and O–H groups in total. The third-order valence-corrected chi connectivity index (χ3v) is 3.84. The Labute approximate surface area is 120 Å². The zero-order chi connectivity index (χ0) is 14.1. The standard InChI is InChI=1S/C12H14ClN5O2/c13-4-8-3-9(20)18(5-8)12-10-11(14-6-15-12)17(1-2-19)7-16-10/h6-8,19H,1-5H2. The number of carbonyl (C=O) groups is 1. The molecule has 1 aliphatic heterocycles. The number of alkyl halides is 1. The second kappa shape index (κ2) is 5.34. The normalized spacial score (nSPS) is 19.2. The number of fused-ring (bicyclic) bond motifs is 1. The largest absolute Gasteiger partial charge is 0.395 e. The summed E-state index contributed by atoms with van der Waals surface area (Å²) in [5.41, 5.74) is 1.19. The maximum atomic E-state index is 12.1. The number of hydrogen-bond acceptors (Lipinski definition) is 5. The molecule has 1 atom stereocenters. The lowest BCUT2D eigenvalue weighted by Crippen LogP contribution is -2.26. The summed E-state index contributed by atoms with van der Waals surface area (Å²) in [6, 6.07) is 0. The molecule has 0 aliphatic carbocycles. The van der Waals surface area contributed by atoms with Crippen molar-refractivity contribution in [2.45, 2.75) is 13.0 Å². The van der Waals surface area contributed by atoms with Crippen LogP contribution in [0.1, 0.15) is 6.42 Å². The van der Waals surface area contributed by atoms with E-state index in [0.29, 0.717) is 42.4 Å². The number of hydrogen-bond donors (Lipinski definition) is 1. The average molecular weight is 296 g/mol. The van der Waals surface area contributed by atoms with Gasteiger partial charge in [-0.15, -0.1) is 11.6 Å². The molecule has 1 amide bonds. The summed E-state index contributed by atoms with van der Waals surface area (Å²) in [6.07, 6.45) is 3.44. The number of imidazole rings is 1. The van der Waals surface area contributed by atoms with Gasteiger partial charge in [-0.2, -0.15) is 0 Å². The number of nitrogens with zero attached hydrogens (tertiary/aromatic N) is 5. The van der Waals surface area contributed by atoms with Gasteiger partial charge in [-0.25, -0.2) is 15.0 Å². The molecule has 1 saturated heterocycles. The lowest BCUT2D eigenvalue weighted by Gasteiger charge is -2.15. The van der Waals surface area contributed by atoms with Gasteiger partial charge in [0.2, 0.25) is 5.91 Å². The minimum absolute atomic E-state index is 0.00175. The van der Waals surface area contributed by atoms with E-state index in [1.54, 1.807) is 15.8 Å². The van der Waals surface area contributed by atoms with Crippen LogP contribution in [0, 0.1) is 5.92 Å². The fraction of sp³-hybridized carbons (Fsp3) is 0.500. The van der Waals surface area contributed by atoms with Gasteiger partial charge in [0.25, 0.3) is 0 Å². The van der Waals surface area contributed by atoms with E-state index in [0.717, 1.165) is 0 Å². The van der Waals surface area contributed by atoms with Crippen LogP contribution in [0.3, 0.4) is 0 Å². The highest BCUT2D eigenvalue weighted by molar-refractivity contribution is 6.18. The first kappa shape index (κ1) is 13.3. The Kier molecular flexibility index (Phi) is 3.54. The number of anilines is 1. The molecular weight excluding hydrogens is 282 g/mol. The predicted molar refractivity (Wildman–Crippen MR) is 73.6 cm³/mol. The Hall–Kier alpha value is -1.73. The van der Waals surface area contributed by atoms with Crippen molar-refractivity contribution in [3.63, 3.8) is 0 Å². The Morgan fingerprint density at radius 1 is 1.40 bits per heavy atom. The van der Waals surface area contributed by atoms with Gasteiger partial charge >= 0.3 is 0 Å². The van der Waals surface area contributed by atoms with Crippen LogP contribution < -0.4 is 4.90 Å². The molecule has 3 heterocycles. The van der Waals surface area contributed by atoms with E-state index in [1.807, 2.05) is 0 Å². The summed E-state index contributed by atoms with van der Waals surface area (Å²) in [6.45, 7) is 0.967. The van der Waals surface area contributed by atoms with Crippen LogP contribution in [0.2, 0.25) is 0 Å². The highest BCUT2D eigenvalue weighted by Gasteiger charge is 2.32. The van der Waals surface area contributed by atoms with Gasteiger partial charge in [0.1, 0.15) is 6.33 Å². The first-order valence-corrected chi connectivity index (χ1v) is 6.91. The zero-order valence-electron chi connectivity index (χ0n) is 10.7. The smallest absolute Gasteiger partial charge is 0.228 e. The molecule has 1 unspecified atom stereocenters. The van der Waals surface area contributed by atoms with Crippen LogP contribution in [-0.2, 0) is 11.3 Å². The van der Waals surface area contributed by atoms with Crippen molar-refractivity contribution in [3.8, 4) is 0 Å². The fourth-order valence-corrected chi connectivity index (χ4v) is 2.63.